The van der Waals surface area contributed by atoms with Crippen molar-refractivity contribution in [3.63, 3.8) is 0 Å². The summed E-state index contributed by atoms with van der Waals surface area (Å²) in [5.74, 6) is 1.37. The van der Waals surface area contributed by atoms with Crippen molar-refractivity contribution in [1.29, 1.82) is 0 Å². The number of aliphatic imine (C=N–C) groups is 1. The van der Waals surface area contributed by atoms with Crippen LogP contribution in [0.4, 0.5) is 0 Å². The minimum Gasteiger partial charge on any atom is -0.352 e. The number of nitrogens with one attached hydrogen (secondary N) is 2. The van der Waals surface area contributed by atoms with Crippen LogP contribution in [0.3, 0.4) is 0 Å². The van der Waals surface area contributed by atoms with E-state index in [0.717, 1.165) is 54.6 Å². The molecule has 4 rings (SSSR count). The number of nitrogens with zero attached hydrogens (tertiary/aromatic N) is 3. The molecule has 2 aliphatic rings. The molecule has 6 nitrogen and oxygen atoms in total. The van der Waals surface area contributed by atoms with E-state index in [0.29, 0.717) is 12.5 Å². The first-order valence-corrected chi connectivity index (χ1v) is 11.9. The van der Waals surface area contributed by atoms with Gasteiger partial charge in [0.05, 0.1) is 12.2 Å². The van der Waals surface area contributed by atoms with E-state index in [2.05, 4.69) is 33.1 Å². The number of amides is 1. The summed E-state index contributed by atoms with van der Waals surface area (Å²) in [4.78, 5) is 23.9. The zero-order valence-electron chi connectivity index (χ0n) is 17.6. The summed E-state index contributed by atoms with van der Waals surface area (Å²) in [6, 6.07) is 10.5. The topological polar surface area (TPSA) is 69.6 Å². The van der Waals surface area contributed by atoms with Crippen LogP contribution in [0.1, 0.15) is 44.2 Å². The maximum absolute atomic E-state index is 12.8. The number of hydrogen-bond acceptors (Lipinski definition) is 4. The average molecular weight is 426 g/mol. The Morgan fingerprint density at radius 2 is 2.00 bits per heavy atom. The van der Waals surface area contributed by atoms with Gasteiger partial charge in [0.1, 0.15) is 5.01 Å². The summed E-state index contributed by atoms with van der Waals surface area (Å²) in [6.45, 7) is 2.24. The second-order valence-corrected chi connectivity index (χ2v) is 9.04. The number of guanidine groups is 1. The van der Waals surface area contributed by atoms with Crippen LogP contribution in [0.2, 0.25) is 0 Å². The Hall–Kier alpha value is -2.41. The molecule has 1 aliphatic carbocycles. The number of benzene rings is 1. The average Bonchev–Trinajstić information content (AvgIpc) is 3.47. The molecule has 1 aromatic carbocycles. The van der Waals surface area contributed by atoms with Gasteiger partial charge < -0.3 is 15.5 Å². The maximum Gasteiger partial charge on any atom is 0.225 e. The second-order valence-electron chi connectivity index (χ2n) is 8.18. The lowest BCUT2D eigenvalue weighted by Crippen LogP contribution is -2.45. The predicted molar refractivity (Wildman–Crippen MR) is 122 cm³/mol. The van der Waals surface area contributed by atoms with E-state index < -0.39 is 0 Å². The second kappa shape index (κ2) is 10.1. The number of rotatable bonds is 5. The zero-order valence-corrected chi connectivity index (χ0v) is 18.5. The van der Waals surface area contributed by atoms with E-state index in [9.17, 15) is 4.79 Å². The van der Waals surface area contributed by atoms with Gasteiger partial charge in [0, 0.05) is 43.0 Å². The van der Waals surface area contributed by atoms with E-state index in [1.165, 1.54) is 19.3 Å². The molecule has 1 unspecified atom stereocenters. The van der Waals surface area contributed by atoms with Crippen LogP contribution in [-0.4, -0.2) is 47.9 Å². The molecule has 1 saturated heterocycles. The molecule has 30 heavy (non-hydrogen) atoms. The highest BCUT2D eigenvalue weighted by Crippen LogP contribution is 2.27. The summed E-state index contributed by atoms with van der Waals surface area (Å²) < 4.78 is 0. The molecule has 0 radical (unpaired) electrons. The van der Waals surface area contributed by atoms with Crippen molar-refractivity contribution >= 4 is 23.2 Å². The van der Waals surface area contributed by atoms with Crippen molar-refractivity contribution in [1.82, 2.24) is 20.5 Å². The van der Waals surface area contributed by atoms with Gasteiger partial charge >= 0.3 is 0 Å². The summed E-state index contributed by atoms with van der Waals surface area (Å²) >= 11 is 1.66. The first-order valence-electron chi connectivity index (χ1n) is 11.0. The lowest BCUT2D eigenvalue weighted by atomic mass is 9.88. The highest BCUT2D eigenvalue weighted by atomic mass is 32.1. The third-order valence-electron chi connectivity index (χ3n) is 6.03. The molecule has 0 spiro atoms. The van der Waals surface area contributed by atoms with Crippen LogP contribution in [0.15, 0.2) is 40.7 Å². The Bertz CT molecular complexity index is 859. The minimum atomic E-state index is 0.249. The van der Waals surface area contributed by atoms with Crippen molar-refractivity contribution in [2.24, 2.45) is 10.9 Å². The quantitative estimate of drug-likeness (QED) is 0.567. The molecule has 2 N–H and O–H groups in total. The van der Waals surface area contributed by atoms with Crippen LogP contribution in [0, 0.1) is 5.92 Å². The first kappa shape index (κ1) is 20.8. The van der Waals surface area contributed by atoms with Gasteiger partial charge in [-0.3, -0.25) is 9.79 Å². The smallest absolute Gasteiger partial charge is 0.225 e. The highest BCUT2D eigenvalue weighted by Gasteiger charge is 2.31. The van der Waals surface area contributed by atoms with Crippen molar-refractivity contribution in [3.05, 3.63) is 41.4 Å². The van der Waals surface area contributed by atoms with E-state index in [1.807, 2.05) is 23.1 Å². The van der Waals surface area contributed by atoms with Gasteiger partial charge in [-0.05, 0) is 19.3 Å². The molecule has 2 fully saturated rings. The van der Waals surface area contributed by atoms with Gasteiger partial charge in [-0.1, -0.05) is 49.6 Å². The lowest BCUT2D eigenvalue weighted by molar-refractivity contribution is -0.135. The van der Waals surface area contributed by atoms with Gasteiger partial charge in [0.15, 0.2) is 5.96 Å². The molecule has 1 aromatic heterocycles. The van der Waals surface area contributed by atoms with Gasteiger partial charge in [-0.2, -0.15) is 0 Å². The van der Waals surface area contributed by atoms with Crippen LogP contribution in [-0.2, 0) is 11.3 Å². The Morgan fingerprint density at radius 3 is 2.77 bits per heavy atom. The fraction of sp³-hybridized carbons (Fsp3) is 0.522. The van der Waals surface area contributed by atoms with Gasteiger partial charge in [-0.15, -0.1) is 11.3 Å². The van der Waals surface area contributed by atoms with E-state index in [1.54, 1.807) is 18.4 Å². The summed E-state index contributed by atoms with van der Waals surface area (Å²) in [6.07, 6.45) is 6.77. The molecule has 2 aromatic rings. The van der Waals surface area contributed by atoms with Crippen LogP contribution < -0.4 is 10.6 Å². The SMILES string of the molecule is CN=C(NCc1csc(-c2ccccc2)n1)NC1CCN(C(=O)C2CCCCC2)C1. The molecule has 1 amide bonds. The first-order chi connectivity index (χ1) is 14.7. The summed E-state index contributed by atoms with van der Waals surface area (Å²) in [5, 5.41) is 9.96. The summed E-state index contributed by atoms with van der Waals surface area (Å²) in [5.41, 5.74) is 2.15. The van der Waals surface area contributed by atoms with Gasteiger partial charge in [0.25, 0.3) is 0 Å². The van der Waals surface area contributed by atoms with Crippen molar-refractivity contribution in [2.45, 2.75) is 51.1 Å². The zero-order chi connectivity index (χ0) is 20.8. The van der Waals surface area contributed by atoms with Crippen molar-refractivity contribution < 1.29 is 4.79 Å². The van der Waals surface area contributed by atoms with Crippen LogP contribution in [0.25, 0.3) is 10.6 Å². The summed E-state index contributed by atoms with van der Waals surface area (Å²) in [7, 11) is 1.78. The Balaban J connectivity index is 1.25. The van der Waals surface area contributed by atoms with Crippen molar-refractivity contribution in [2.75, 3.05) is 20.1 Å². The lowest BCUT2D eigenvalue weighted by Gasteiger charge is -2.26. The van der Waals surface area contributed by atoms with Crippen molar-refractivity contribution in [3.8, 4) is 10.6 Å². The third kappa shape index (κ3) is 5.19. The number of hydrogen-bond donors (Lipinski definition) is 2. The van der Waals surface area contributed by atoms with E-state index in [4.69, 9.17) is 4.98 Å². The normalized spacial score (nSPS) is 20.4. The molecule has 2 heterocycles. The molecule has 1 saturated carbocycles. The maximum atomic E-state index is 12.8. The molecular weight excluding hydrogens is 394 g/mol. The number of thiazole rings is 1. The minimum absolute atomic E-state index is 0.249. The van der Waals surface area contributed by atoms with Gasteiger partial charge in [0.2, 0.25) is 5.91 Å². The molecule has 7 heteroatoms. The number of carbonyl (C=O) groups excluding carboxylic acids is 1. The fourth-order valence-electron chi connectivity index (χ4n) is 4.35. The van der Waals surface area contributed by atoms with E-state index >= 15 is 0 Å². The molecule has 1 aliphatic heterocycles. The number of carbonyl (C=O) groups is 1. The monoisotopic (exact) mass is 425 g/mol. The van der Waals surface area contributed by atoms with E-state index in [-0.39, 0.29) is 12.0 Å². The molecule has 160 valence electrons. The molecule has 0 bridgehead atoms. The standard InChI is InChI=1S/C23H31N5OS/c1-24-23(25-14-20-16-30-21(26-20)17-8-4-2-5-9-17)27-19-12-13-28(15-19)22(29)18-10-6-3-7-11-18/h2,4-5,8-9,16,18-19H,3,6-7,10-15H2,1H3,(H2,24,25,27). The van der Waals surface area contributed by atoms with Crippen LogP contribution in [0.5, 0.6) is 0 Å². The van der Waals surface area contributed by atoms with Gasteiger partial charge in [-0.25, -0.2) is 4.98 Å². The third-order valence-corrected chi connectivity index (χ3v) is 6.97. The molecular formula is C23H31N5OS. The highest BCUT2D eigenvalue weighted by molar-refractivity contribution is 7.13. The Morgan fingerprint density at radius 1 is 1.20 bits per heavy atom. The Kier molecular flexibility index (Phi) is 7.00. The van der Waals surface area contributed by atoms with Crippen LogP contribution >= 0.6 is 11.3 Å². The largest absolute Gasteiger partial charge is 0.352 e. The Labute approximate surface area is 182 Å². The molecule has 1 atom stereocenters. The predicted octanol–water partition coefficient (Wildman–Crippen LogP) is 3.66. The fourth-order valence-corrected chi connectivity index (χ4v) is 5.18. The number of likely N-dealkylation sites (tertiary alicyclic amines) is 1. The number of aromatic nitrogens is 1.